The molecule has 0 unspecified atom stereocenters. The van der Waals surface area contributed by atoms with E-state index in [0.29, 0.717) is 10.6 Å². The molecule has 0 heterocycles. The highest BCUT2D eigenvalue weighted by Crippen LogP contribution is 2.37. The van der Waals surface area contributed by atoms with Crippen molar-refractivity contribution in [2.45, 2.75) is 0 Å². The average Bonchev–Trinajstić information content (AvgIpc) is 2.41. The molecule has 0 nitrogen and oxygen atoms in total. The lowest BCUT2D eigenvalue weighted by Crippen LogP contribution is -1.88. The predicted molar refractivity (Wildman–Crippen MR) is 82.1 cm³/mol. The van der Waals surface area contributed by atoms with Crippen LogP contribution >= 0.6 is 27.5 Å². The van der Waals surface area contributed by atoms with Gasteiger partial charge in [-0.15, -0.1) is 0 Å². The highest BCUT2D eigenvalue weighted by atomic mass is 79.9. The quantitative estimate of drug-likeness (QED) is 0.507. The third-order valence-corrected chi connectivity index (χ3v) is 4.11. The van der Waals surface area contributed by atoms with Crippen LogP contribution in [0.15, 0.2) is 59.1 Å². The van der Waals surface area contributed by atoms with E-state index >= 15 is 0 Å². The number of fused-ring (bicyclic) bond motifs is 1. The van der Waals surface area contributed by atoms with Gasteiger partial charge in [-0.05, 0) is 34.5 Å². The molecule has 94 valence electrons. The third kappa shape index (κ3) is 2.15. The molecular weight excluding hydrogens is 327 g/mol. The molecule has 19 heavy (non-hydrogen) atoms. The van der Waals surface area contributed by atoms with Gasteiger partial charge in [0.25, 0.3) is 0 Å². The molecule has 0 atom stereocenters. The Kier molecular flexibility index (Phi) is 3.29. The van der Waals surface area contributed by atoms with Crippen LogP contribution in [0.25, 0.3) is 21.9 Å². The Bertz CT molecular complexity index is 748. The van der Waals surface area contributed by atoms with Gasteiger partial charge >= 0.3 is 0 Å². The van der Waals surface area contributed by atoms with Gasteiger partial charge in [-0.1, -0.05) is 63.9 Å². The Morgan fingerprint density at radius 3 is 2.32 bits per heavy atom. The maximum atomic E-state index is 14.1. The summed E-state index contributed by atoms with van der Waals surface area (Å²) >= 11 is 9.67. The normalized spacial score (nSPS) is 10.9. The lowest BCUT2D eigenvalue weighted by molar-refractivity contribution is 0.631. The van der Waals surface area contributed by atoms with E-state index in [2.05, 4.69) is 15.9 Å². The highest BCUT2D eigenvalue weighted by Gasteiger charge is 2.13. The Hall–Kier alpha value is -1.38. The maximum Gasteiger partial charge on any atom is 0.132 e. The maximum absolute atomic E-state index is 14.1. The fourth-order valence-electron chi connectivity index (χ4n) is 2.24. The number of rotatable bonds is 1. The van der Waals surface area contributed by atoms with Crippen molar-refractivity contribution >= 4 is 38.3 Å². The van der Waals surface area contributed by atoms with Crippen LogP contribution in [0.3, 0.4) is 0 Å². The molecule has 0 aromatic heterocycles. The summed E-state index contributed by atoms with van der Waals surface area (Å²) in [6.45, 7) is 0. The van der Waals surface area contributed by atoms with Crippen molar-refractivity contribution < 1.29 is 4.39 Å². The Labute approximate surface area is 124 Å². The lowest BCUT2D eigenvalue weighted by Gasteiger charge is -2.11. The fourth-order valence-corrected chi connectivity index (χ4v) is 2.98. The van der Waals surface area contributed by atoms with Crippen molar-refractivity contribution in [2.75, 3.05) is 0 Å². The van der Waals surface area contributed by atoms with Crippen LogP contribution < -0.4 is 0 Å². The van der Waals surface area contributed by atoms with Crippen LogP contribution in [0.4, 0.5) is 4.39 Å². The molecule has 0 saturated carbocycles. The summed E-state index contributed by atoms with van der Waals surface area (Å²) in [5.74, 6) is -0.306. The molecular formula is C16H9BrClF. The van der Waals surface area contributed by atoms with Crippen molar-refractivity contribution in [3.8, 4) is 11.1 Å². The van der Waals surface area contributed by atoms with E-state index in [1.165, 1.54) is 6.07 Å². The van der Waals surface area contributed by atoms with Crippen molar-refractivity contribution in [1.82, 2.24) is 0 Å². The van der Waals surface area contributed by atoms with E-state index < -0.39 is 0 Å². The van der Waals surface area contributed by atoms with Gasteiger partial charge in [-0.2, -0.15) is 0 Å². The van der Waals surface area contributed by atoms with Crippen LogP contribution in [-0.2, 0) is 0 Å². The SMILES string of the molecule is Fc1cccc(Cl)c1-c1ccc(Br)c2ccccc12. The van der Waals surface area contributed by atoms with E-state index in [1.54, 1.807) is 12.1 Å². The first-order chi connectivity index (χ1) is 9.18. The van der Waals surface area contributed by atoms with Crippen molar-refractivity contribution in [3.63, 3.8) is 0 Å². The molecule has 0 aliphatic rings. The van der Waals surface area contributed by atoms with Crippen LogP contribution in [-0.4, -0.2) is 0 Å². The highest BCUT2D eigenvalue weighted by molar-refractivity contribution is 9.10. The Morgan fingerprint density at radius 1 is 0.842 bits per heavy atom. The van der Waals surface area contributed by atoms with Crippen molar-refractivity contribution in [2.24, 2.45) is 0 Å². The minimum absolute atomic E-state index is 0.306. The molecule has 0 N–H and O–H groups in total. The molecule has 0 radical (unpaired) electrons. The zero-order chi connectivity index (χ0) is 13.4. The second kappa shape index (κ2) is 4.95. The molecule has 0 fully saturated rings. The molecule has 3 rings (SSSR count). The molecule has 0 amide bonds. The summed E-state index contributed by atoms with van der Waals surface area (Å²) in [6.07, 6.45) is 0. The second-order valence-electron chi connectivity index (χ2n) is 4.24. The van der Waals surface area contributed by atoms with Crippen LogP contribution in [0.2, 0.25) is 5.02 Å². The predicted octanol–water partition coefficient (Wildman–Crippen LogP) is 6.06. The van der Waals surface area contributed by atoms with E-state index in [4.69, 9.17) is 11.6 Å². The van der Waals surface area contributed by atoms with Gasteiger partial charge in [0.15, 0.2) is 0 Å². The first-order valence-electron chi connectivity index (χ1n) is 5.80. The zero-order valence-corrected chi connectivity index (χ0v) is 12.2. The van der Waals surface area contributed by atoms with Gasteiger partial charge in [-0.25, -0.2) is 4.39 Å². The second-order valence-corrected chi connectivity index (χ2v) is 5.50. The number of halogens is 3. The van der Waals surface area contributed by atoms with Gasteiger partial charge in [0.05, 0.1) is 5.02 Å². The first kappa shape index (κ1) is 12.6. The minimum Gasteiger partial charge on any atom is -0.206 e. The van der Waals surface area contributed by atoms with Crippen LogP contribution in [0, 0.1) is 5.82 Å². The molecule has 0 aliphatic carbocycles. The van der Waals surface area contributed by atoms with Gasteiger partial charge in [-0.3, -0.25) is 0 Å². The van der Waals surface area contributed by atoms with Crippen molar-refractivity contribution in [3.05, 3.63) is 69.9 Å². The van der Waals surface area contributed by atoms with Gasteiger partial charge in [0.2, 0.25) is 0 Å². The van der Waals surface area contributed by atoms with Crippen LogP contribution in [0.5, 0.6) is 0 Å². The molecule has 3 aromatic carbocycles. The largest absolute Gasteiger partial charge is 0.206 e. The van der Waals surface area contributed by atoms with Gasteiger partial charge in [0, 0.05) is 10.0 Å². The summed E-state index contributed by atoms with van der Waals surface area (Å²) in [5.41, 5.74) is 1.26. The smallest absolute Gasteiger partial charge is 0.132 e. The van der Waals surface area contributed by atoms with E-state index in [-0.39, 0.29) is 5.82 Å². The summed E-state index contributed by atoms with van der Waals surface area (Å²) in [7, 11) is 0. The van der Waals surface area contributed by atoms with E-state index in [9.17, 15) is 4.39 Å². The Balaban J connectivity index is 2.41. The van der Waals surface area contributed by atoms with Crippen LogP contribution in [0.1, 0.15) is 0 Å². The molecule has 0 bridgehead atoms. The average molecular weight is 336 g/mol. The summed E-state index contributed by atoms with van der Waals surface area (Å²) in [4.78, 5) is 0. The van der Waals surface area contributed by atoms with Gasteiger partial charge in [0.1, 0.15) is 5.82 Å². The lowest BCUT2D eigenvalue weighted by atomic mass is 9.98. The topological polar surface area (TPSA) is 0 Å². The third-order valence-electron chi connectivity index (χ3n) is 3.10. The fraction of sp³-hybridized carbons (Fsp3) is 0. The molecule has 3 heteroatoms. The monoisotopic (exact) mass is 334 g/mol. The van der Waals surface area contributed by atoms with Crippen molar-refractivity contribution in [1.29, 1.82) is 0 Å². The standard InChI is InChI=1S/C16H9BrClF/c17-13-9-8-12(10-4-1-2-5-11(10)13)16-14(18)6-3-7-15(16)19/h1-9H. The van der Waals surface area contributed by atoms with E-state index in [0.717, 1.165) is 20.8 Å². The first-order valence-corrected chi connectivity index (χ1v) is 6.97. The van der Waals surface area contributed by atoms with Gasteiger partial charge < -0.3 is 0 Å². The summed E-state index contributed by atoms with van der Waals surface area (Å²) in [5, 5.41) is 2.44. The number of hydrogen-bond acceptors (Lipinski definition) is 0. The molecule has 3 aromatic rings. The zero-order valence-electron chi connectivity index (χ0n) is 9.83. The summed E-state index contributed by atoms with van der Waals surface area (Å²) in [6, 6.07) is 16.4. The Morgan fingerprint density at radius 2 is 1.58 bits per heavy atom. The molecule has 0 spiro atoms. The van der Waals surface area contributed by atoms with E-state index in [1.807, 2.05) is 36.4 Å². The molecule has 0 aliphatic heterocycles. The minimum atomic E-state index is -0.306. The molecule has 0 saturated heterocycles. The summed E-state index contributed by atoms with van der Waals surface area (Å²) < 4.78 is 15.1. The number of benzene rings is 3. The number of hydrogen-bond donors (Lipinski definition) is 0.